The summed E-state index contributed by atoms with van der Waals surface area (Å²) >= 11 is 7.83. The van der Waals surface area contributed by atoms with Crippen molar-refractivity contribution in [3.05, 3.63) is 28.8 Å². The molecule has 1 atom stereocenters. The van der Waals surface area contributed by atoms with Crippen LogP contribution >= 0.6 is 23.4 Å². The Morgan fingerprint density at radius 1 is 1.40 bits per heavy atom. The van der Waals surface area contributed by atoms with Crippen molar-refractivity contribution >= 4 is 23.4 Å². The first-order valence-electron chi connectivity index (χ1n) is 7.24. The molecule has 1 aromatic carbocycles. The van der Waals surface area contributed by atoms with E-state index in [1.807, 2.05) is 18.2 Å². The maximum absolute atomic E-state index is 10.5. The molecule has 0 saturated carbocycles. The van der Waals surface area contributed by atoms with Crippen LogP contribution in [0.2, 0.25) is 5.02 Å². The zero-order valence-corrected chi connectivity index (χ0v) is 13.5. The van der Waals surface area contributed by atoms with Gasteiger partial charge in [0.2, 0.25) is 0 Å². The minimum absolute atomic E-state index is 0.433. The van der Waals surface area contributed by atoms with Gasteiger partial charge >= 0.3 is 0 Å². The minimum atomic E-state index is -0.433. The summed E-state index contributed by atoms with van der Waals surface area (Å²) in [6, 6.07) is 5.81. The fourth-order valence-corrected chi connectivity index (χ4v) is 3.48. The number of nitrogens with zero attached hydrogens (tertiary/aromatic N) is 1. The molecule has 112 valence electrons. The van der Waals surface area contributed by atoms with Crippen LogP contribution in [0.15, 0.2) is 23.1 Å². The molecule has 0 aromatic heterocycles. The van der Waals surface area contributed by atoms with Crippen LogP contribution in [0, 0.1) is 0 Å². The quantitative estimate of drug-likeness (QED) is 0.792. The van der Waals surface area contributed by atoms with E-state index in [1.165, 1.54) is 0 Å². The van der Waals surface area contributed by atoms with Gasteiger partial charge in [0.15, 0.2) is 0 Å². The number of benzene rings is 1. The average Bonchev–Trinajstić information content (AvgIpc) is 2.48. The molecule has 1 fully saturated rings. The molecule has 1 saturated heterocycles. The molecule has 0 aliphatic carbocycles. The summed E-state index contributed by atoms with van der Waals surface area (Å²) < 4.78 is 0. The molecule has 3 nitrogen and oxygen atoms in total. The van der Waals surface area contributed by atoms with E-state index in [2.05, 4.69) is 17.1 Å². The summed E-state index contributed by atoms with van der Waals surface area (Å²) in [5, 5.41) is 14.5. The van der Waals surface area contributed by atoms with Gasteiger partial charge in [-0.25, -0.2) is 0 Å². The Morgan fingerprint density at radius 2 is 2.15 bits per heavy atom. The number of aliphatic hydroxyl groups excluding tert-OH is 1. The molecule has 20 heavy (non-hydrogen) atoms. The molecule has 1 heterocycles. The lowest BCUT2D eigenvalue weighted by molar-refractivity contribution is 0.134. The second kappa shape index (κ2) is 8.25. The number of hydrogen-bond acceptors (Lipinski definition) is 4. The van der Waals surface area contributed by atoms with Gasteiger partial charge in [-0.3, -0.25) is 0 Å². The third-order valence-electron chi connectivity index (χ3n) is 3.56. The Hall–Kier alpha value is -0.260. The van der Waals surface area contributed by atoms with E-state index in [9.17, 15) is 5.11 Å². The highest BCUT2D eigenvalue weighted by Gasteiger charge is 2.16. The van der Waals surface area contributed by atoms with Crippen molar-refractivity contribution in [1.82, 2.24) is 10.2 Å². The molecule has 0 spiro atoms. The molecule has 0 radical (unpaired) electrons. The van der Waals surface area contributed by atoms with Gasteiger partial charge in [-0.05, 0) is 35.9 Å². The predicted octanol–water partition coefficient (Wildman–Crippen LogP) is 2.78. The summed E-state index contributed by atoms with van der Waals surface area (Å²) in [5.74, 6) is 0.999. The van der Waals surface area contributed by atoms with Crippen molar-refractivity contribution < 1.29 is 5.11 Å². The van der Waals surface area contributed by atoms with Gasteiger partial charge < -0.3 is 15.3 Å². The number of nitrogens with one attached hydrogen (secondary N) is 1. The first-order valence-corrected chi connectivity index (χ1v) is 8.60. The van der Waals surface area contributed by atoms with E-state index in [0.29, 0.717) is 5.02 Å². The SMILES string of the molecule is CCSc1ccc(Cl)cc1C(O)CCN1CCNCC1. The lowest BCUT2D eigenvalue weighted by Gasteiger charge is -2.28. The summed E-state index contributed by atoms with van der Waals surface area (Å²) in [4.78, 5) is 3.54. The molecule has 2 rings (SSSR count). The van der Waals surface area contributed by atoms with E-state index in [0.717, 1.165) is 55.4 Å². The number of piperazine rings is 1. The first kappa shape index (κ1) is 16.1. The first-order chi connectivity index (χ1) is 9.70. The molecule has 1 aliphatic heterocycles. The Kier molecular flexibility index (Phi) is 6.65. The van der Waals surface area contributed by atoms with Gasteiger partial charge in [-0.15, -0.1) is 11.8 Å². The topological polar surface area (TPSA) is 35.5 Å². The van der Waals surface area contributed by atoms with Crippen LogP contribution in [-0.4, -0.2) is 48.5 Å². The highest BCUT2D eigenvalue weighted by atomic mass is 35.5. The molecular weight excluding hydrogens is 292 g/mol. The monoisotopic (exact) mass is 314 g/mol. The highest BCUT2D eigenvalue weighted by molar-refractivity contribution is 7.99. The number of halogens is 1. The molecule has 1 unspecified atom stereocenters. The molecule has 1 aliphatic rings. The largest absolute Gasteiger partial charge is 0.388 e. The average molecular weight is 315 g/mol. The fraction of sp³-hybridized carbons (Fsp3) is 0.600. The van der Waals surface area contributed by atoms with E-state index in [4.69, 9.17) is 11.6 Å². The summed E-state index contributed by atoms with van der Waals surface area (Å²) in [6.07, 6.45) is 0.329. The number of rotatable bonds is 6. The van der Waals surface area contributed by atoms with Crippen LogP contribution in [0.25, 0.3) is 0 Å². The second-order valence-corrected chi connectivity index (χ2v) is 6.75. The van der Waals surface area contributed by atoms with Crippen LogP contribution in [0.1, 0.15) is 25.0 Å². The van der Waals surface area contributed by atoms with Crippen molar-refractivity contribution in [3.63, 3.8) is 0 Å². The number of thioether (sulfide) groups is 1. The van der Waals surface area contributed by atoms with E-state index < -0.39 is 6.10 Å². The maximum atomic E-state index is 10.5. The molecule has 5 heteroatoms. The lowest BCUT2D eigenvalue weighted by atomic mass is 10.1. The third-order valence-corrected chi connectivity index (χ3v) is 4.77. The summed E-state index contributed by atoms with van der Waals surface area (Å²) in [6.45, 7) is 7.29. The normalized spacial score (nSPS) is 18.1. The predicted molar refractivity (Wildman–Crippen MR) is 86.7 cm³/mol. The van der Waals surface area contributed by atoms with Crippen LogP contribution in [-0.2, 0) is 0 Å². The van der Waals surface area contributed by atoms with Gasteiger partial charge in [-0.1, -0.05) is 18.5 Å². The van der Waals surface area contributed by atoms with Crippen LogP contribution in [0.4, 0.5) is 0 Å². The Morgan fingerprint density at radius 3 is 2.85 bits per heavy atom. The molecular formula is C15H23ClN2OS. The fourth-order valence-electron chi connectivity index (χ4n) is 2.46. The standard InChI is InChI=1S/C15H23ClN2OS/c1-2-20-15-4-3-12(16)11-13(15)14(19)5-8-18-9-6-17-7-10-18/h3-4,11,14,17,19H,2,5-10H2,1H3. The second-order valence-electron chi connectivity index (χ2n) is 5.01. The van der Waals surface area contributed by atoms with Crippen molar-refractivity contribution in [1.29, 1.82) is 0 Å². The van der Waals surface area contributed by atoms with Crippen LogP contribution in [0.5, 0.6) is 0 Å². The summed E-state index contributed by atoms with van der Waals surface area (Å²) in [7, 11) is 0. The maximum Gasteiger partial charge on any atom is 0.0813 e. The minimum Gasteiger partial charge on any atom is -0.388 e. The lowest BCUT2D eigenvalue weighted by Crippen LogP contribution is -2.44. The van der Waals surface area contributed by atoms with Gasteiger partial charge in [-0.2, -0.15) is 0 Å². The highest BCUT2D eigenvalue weighted by Crippen LogP contribution is 2.31. The van der Waals surface area contributed by atoms with Crippen molar-refractivity contribution in [3.8, 4) is 0 Å². The molecule has 1 aromatic rings. The Bertz CT molecular complexity index is 424. The van der Waals surface area contributed by atoms with Crippen LogP contribution in [0.3, 0.4) is 0 Å². The van der Waals surface area contributed by atoms with Crippen molar-refractivity contribution in [2.75, 3.05) is 38.5 Å². The Labute approximate surface area is 130 Å². The van der Waals surface area contributed by atoms with Gasteiger partial charge in [0, 0.05) is 42.6 Å². The van der Waals surface area contributed by atoms with Gasteiger partial charge in [0.1, 0.15) is 0 Å². The van der Waals surface area contributed by atoms with Crippen molar-refractivity contribution in [2.24, 2.45) is 0 Å². The van der Waals surface area contributed by atoms with E-state index in [1.54, 1.807) is 11.8 Å². The number of hydrogen-bond donors (Lipinski definition) is 2. The molecule has 2 N–H and O–H groups in total. The van der Waals surface area contributed by atoms with Crippen molar-refractivity contribution in [2.45, 2.75) is 24.3 Å². The molecule has 0 bridgehead atoms. The Balaban J connectivity index is 1.96. The van der Waals surface area contributed by atoms with E-state index >= 15 is 0 Å². The summed E-state index contributed by atoms with van der Waals surface area (Å²) in [5.41, 5.74) is 0.972. The zero-order valence-electron chi connectivity index (χ0n) is 11.9. The number of aliphatic hydroxyl groups is 1. The van der Waals surface area contributed by atoms with E-state index in [-0.39, 0.29) is 0 Å². The van der Waals surface area contributed by atoms with Gasteiger partial charge in [0.05, 0.1) is 6.10 Å². The van der Waals surface area contributed by atoms with Crippen LogP contribution < -0.4 is 5.32 Å². The molecule has 0 amide bonds. The zero-order chi connectivity index (χ0) is 14.4. The van der Waals surface area contributed by atoms with Gasteiger partial charge in [0.25, 0.3) is 0 Å². The smallest absolute Gasteiger partial charge is 0.0813 e. The third kappa shape index (κ3) is 4.64.